The van der Waals surface area contributed by atoms with Gasteiger partial charge in [0.2, 0.25) is 0 Å². The summed E-state index contributed by atoms with van der Waals surface area (Å²) in [6.07, 6.45) is -3.52. The van der Waals surface area contributed by atoms with E-state index < -0.39 is 37.1 Å². The van der Waals surface area contributed by atoms with Crippen molar-refractivity contribution in [1.29, 1.82) is 0 Å². The molecule has 104 valence electrons. The van der Waals surface area contributed by atoms with E-state index in [-0.39, 0.29) is 15.6 Å². The number of carbonyl (C=O) groups excluding carboxylic acids is 1. The first-order valence-corrected chi connectivity index (χ1v) is 6.34. The number of amides is 1. The molecule has 0 bridgehead atoms. The summed E-state index contributed by atoms with van der Waals surface area (Å²) in [4.78, 5) is 11.7. The van der Waals surface area contributed by atoms with Crippen LogP contribution in [0.3, 0.4) is 0 Å². The molecule has 0 aromatic heterocycles. The third-order valence-corrected chi connectivity index (χ3v) is 3.64. The number of rotatable bonds is 3. The van der Waals surface area contributed by atoms with E-state index in [1.165, 1.54) is 12.1 Å². The predicted molar refractivity (Wildman–Crippen MR) is 64.5 cm³/mol. The minimum Gasteiger partial charge on any atom is -0.349 e. The SMILES string of the molecule is O=C(NC1CC(F)(F)C1)c1ccc(Br)c(C(F)F)c1. The molecule has 1 N–H and O–H groups in total. The van der Waals surface area contributed by atoms with Crippen LogP contribution in [0.1, 0.15) is 35.2 Å². The topological polar surface area (TPSA) is 29.1 Å². The number of benzene rings is 1. The third kappa shape index (κ3) is 3.26. The van der Waals surface area contributed by atoms with E-state index in [2.05, 4.69) is 21.2 Å². The van der Waals surface area contributed by atoms with Gasteiger partial charge in [0.25, 0.3) is 18.3 Å². The Kier molecular flexibility index (Phi) is 3.85. The average Bonchev–Trinajstić information content (AvgIpc) is 2.26. The van der Waals surface area contributed by atoms with Gasteiger partial charge in [-0.05, 0) is 18.2 Å². The molecule has 1 aliphatic carbocycles. The Hall–Kier alpha value is -1.11. The highest BCUT2D eigenvalue weighted by atomic mass is 79.9. The lowest BCUT2D eigenvalue weighted by Crippen LogP contribution is -2.50. The van der Waals surface area contributed by atoms with Crippen molar-refractivity contribution in [3.63, 3.8) is 0 Å². The molecule has 0 atom stereocenters. The maximum Gasteiger partial charge on any atom is 0.264 e. The first-order valence-electron chi connectivity index (χ1n) is 5.55. The quantitative estimate of drug-likeness (QED) is 0.831. The summed E-state index contributed by atoms with van der Waals surface area (Å²) in [6, 6.07) is 3.16. The van der Waals surface area contributed by atoms with Gasteiger partial charge in [-0.1, -0.05) is 15.9 Å². The second-order valence-electron chi connectivity index (χ2n) is 4.47. The highest BCUT2D eigenvalue weighted by Crippen LogP contribution is 2.37. The molecule has 2 nitrogen and oxygen atoms in total. The van der Waals surface area contributed by atoms with Crippen LogP contribution in [0.2, 0.25) is 0 Å². The molecular formula is C12H10BrF4NO. The average molecular weight is 340 g/mol. The zero-order valence-electron chi connectivity index (χ0n) is 9.60. The van der Waals surface area contributed by atoms with Crippen molar-refractivity contribution >= 4 is 21.8 Å². The second-order valence-corrected chi connectivity index (χ2v) is 5.33. The highest BCUT2D eigenvalue weighted by Gasteiger charge is 2.45. The van der Waals surface area contributed by atoms with Crippen LogP contribution in [-0.2, 0) is 0 Å². The summed E-state index contributed by atoms with van der Waals surface area (Å²) in [7, 11) is 0. The van der Waals surface area contributed by atoms with Gasteiger partial charge in [0.05, 0.1) is 0 Å². The van der Waals surface area contributed by atoms with Crippen molar-refractivity contribution in [2.75, 3.05) is 0 Å². The van der Waals surface area contributed by atoms with Crippen LogP contribution in [0.25, 0.3) is 0 Å². The van der Waals surface area contributed by atoms with Crippen molar-refractivity contribution in [3.05, 3.63) is 33.8 Å². The standard InChI is InChI=1S/C12H10BrF4NO/c13-9-2-1-6(3-8(9)10(14)15)11(19)18-7-4-12(16,17)5-7/h1-3,7,10H,4-5H2,(H,18,19). The predicted octanol–water partition coefficient (Wildman–Crippen LogP) is 3.91. The Balaban J connectivity index is 2.06. The van der Waals surface area contributed by atoms with Crippen molar-refractivity contribution in [2.24, 2.45) is 0 Å². The van der Waals surface area contributed by atoms with Crippen molar-refractivity contribution < 1.29 is 22.4 Å². The number of hydrogen-bond acceptors (Lipinski definition) is 1. The lowest BCUT2D eigenvalue weighted by Gasteiger charge is -2.35. The number of hydrogen-bond donors (Lipinski definition) is 1. The summed E-state index contributed by atoms with van der Waals surface area (Å²) in [5.41, 5.74) is -0.264. The fourth-order valence-electron chi connectivity index (χ4n) is 1.88. The number of carbonyl (C=O) groups is 1. The molecule has 1 fully saturated rings. The molecular weight excluding hydrogens is 330 g/mol. The van der Waals surface area contributed by atoms with Crippen molar-refractivity contribution in [3.8, 4) is 0 Å². The van der Waals surface area contributed by atoms with Gasteiger partial charge >= 0.3 is 0 Å². The van der Waals surface area contributed by atoms with Crippen LogP contribution in [-0.4, -0.2) is 17.9 Å². The van der Waals surface area contributed by atoms with E-state index in [0.717, 1.165) is 6.07 Å². The van der Waals surface area contributed by atoms with Gasteiger partial charge in [-0.25, -0.2) is 17.6 Å². The monoisotopic (exact) mass is 339 g/mol. The Labute approximate surface area is 115 Å². The van der Waals surface area contributed by atoms with E-state index in [4.69, 9.17) is 0 Å². The van der Waals surface area contributed by atoms with Crippen LogP contribution >= 0.6 is 15.9 Å². The first kappa shape index (κ1) is 14.3. The third-order valence-electron chi connectivity index (χ3n) is 2.92. The van der Waals surface area contributed by atoms with Gasteiger partial charge in [-0.2, -0.15) is 0 Å². The lowest BCUT2D eigenvalue weighted by molar-refractivity contribution is -0.0901. The Morgan fingerprint density at radius 1 is 1.37 bits per heavy atom. The fraction of sp³-hybridized carbons (Fsp3) is 0.417. The summed E-state index contributed by atoms with van der Waals surface area (Å²) >= 11 is 2.96. The second kappa shape index (κ2) is 5.11. The summed E-state index contributed by atoms with van der Waals surface area (Å²) in [6.45, 7) is 0. The molecule has 1 amide bonds. The maximum atomic E-state index is 12.7. The maximum absolute atomic E-state index is 12.7. The Morgan fingerprint density at radius 2 is 2.00 bits per heavy atom. The zero-order chi connectivity index (χ0) is 14.2. The smallest absolute Gasteiger partial charge is 0.264 e. The highest BCUT2D eigenvalue weighted by molar-refractivity contribution is 9.10. The molecule has 0 radical (unpaired) electrons. The first-order chi connectivity index (χ1) is 8.78. The molecule has 0 aliphatic heterocycles. The molecule has 1 aromatic carbocycles. The molecule has 1 aliphatic rings. The van der Waals surface area contributed by atoms with Crippen molar-refractivity contribution in [1.82, 2.24) is 5.32 Å². The van der Waals surface area contributed by atoms with E-state index in [0.29, 0.717) is 0 Å². The molecule has 1 aromatic rings. The van der Waals surface area contributed by atoms with Gasteiger partial charge in [0, 0.05) is 34.5 Å². The van der Waals surface area contributed by atoms with Crippen LogP contribution in [0.5, 0.6) is 0 Å². The summed E-state index contributed by atoms with van der Waals surface area (Å²) < 4.78 is 50.7. The van der Waals surface area contributed by atoms with Crippen molar-refractivity contribution in [2.45, 2.75) is 31.2 Å². The molecule has 2 rings (SSSR count). The van der Waals surface area contributed by atoms with Crippen LogP contribution in [0, 0.1) is 0 Å². The minimum absolute atomic E-state index is 0.0358. The number of halogens is 5. The minimum atomic E-state index is -2.73. The van der Waals surface area contributed by atoms with Crippen LogP contribution in [0.15, 0.2) is 22.7 Å². The molecule has 7 heteroatoms. The van der Waals surface area contributed by atoms with E-state index in [1.54, 1.807) is 0 Å². The van der Waals surface area contributed by atoms with E-state index in [9.17, 15) is 22.4 Å². The summed E-state index contributed by atoms with van der Waals surface area (Å²) in [5, 5.41) is 2.39. The van der Waals surface area contributed by atoms with Crippen LogP contribution in [0.4, 0.5) is 17.6 Å². The normalized spacial score (nSPS) is 18.2. The van der Waals surface area contributed by atoms with Gasteiger partial charge in [0.1, 0.15) is 0 Å². The van der Waals surface area contributed by atoms with Crippen LogP contribution < -0.4 is 5.32 Å². The fourth-order valence-corrected chi connectivity index (χ4v) is 2.30. The molecule has 0 spiro atoms. The molecule has 0 saturated heterocycles. The summed E-state index contributed by atoms with van der Waals surface area (Å²) in [5.74, 6) is -3.35. The molecule has 0 heterocycles. The van der Waals surface area contributed by atoms with Gasteiger partial charge in [-0.3, -0.25) is 4.79 Å². The van der Waals surface area contributed by atoms with E-state index >= 15 is 0 Å². The largest absolute Gasteiger partial charge is 0.349 e. The molecule has 0 unspecified atom stereocenters. The number of alkyl halides is 4. The van der Waals surface area contributed by atoms with Gasteiger partial charge < -0.3 is 5.32 Å². The zero-order valence-corrected chi connectivity index (χ0v) is 11.2. The Bertz CT molecular complexity index is 499. The lowest BCUT2D eigenvalue weighted by atomic mass is 9.88. The van der Waals surface area contributed by atoms with E-state index in [1.807, 2.05) is 0 Å². The number of nitrogens with one attached hydrogen (secondary N) is 1. The van der Waals surface area contributed by atoms with Gasteiger partial charge in [-0.15, -0.1) is 0 Å². The molecule has 1 saturated carbocycles. The molecule has 19 heavy (non-hydrogen) atoms. The Morgan fingerprint density at radius 3 is 2.53 bits per heavy atom. The van der Waals surface area contributed by atoms with Gasteiger partial charge in [0.15, 0.2) is 0 Å².